The second-order valence-corrected chi connectivity index (χ2v) is 9.79. The first-order valence-corrected chi connectivity index (χ1v) is 10.9. The van der Waals surface area contributed by atoms with Crippen molar-refractivity contribution in [1.82, 2.24) is 0 Å². The summed E-state index contributed by atoms with van der Waals surface area (Å²) >= 11 is 0. The topological polar surface area (TPSA) is 0 Å². The van der Waals surface area contributed by atoms with Crippen molar-refractivity contribution in [3.05, 3.63) is 61.3 Å². The van der Waals surface area contributed by atoms with Gasteiger partial charge in [0.25, 0.3) is 0 Å². The van der Waals surface area contributed by atoms with Crippen molar-refractivity contribution in [2.45, 2.75) is 52.4 Å². The maximum Gasteiger partial charge on any atom is -0.00954 e. The van der Waals surface area contributed by atoms with Crippen LogP contribution >= 0.6 is 0 Å². The molecule has 0 spiro atoms. The van der Waals surface area contributed by atoms with Crippen LogP contribution in [0.5, 0.6) is 0 Å². The van der Waals surface area contributed by atoms with Crippen molar-refractivity contribution in [2.24, 2.45) is 46.8 Å². The van der Waals surface area contributed by atoms with Crippen LogP contribution < -0.4 is 0 Å². The number of hydrogen-bond acceptors (Lipinski definition) is 0. The van der Waals surface area contributed by atoms with E-state index in [0.717, 1.165) is 29.6 Å². The van der Waals surface area contributed by atoms with E-state index in [0.29, 0.717) is 17.3 Å². The molecule has 4 rings (SSSR count). The van der Waals surface area contributed by atoms with Crippen molar-refractivity contribution in [3.8, 4) is 0 Å². The highest BCUT2D eigenvalue weighted by Gasteiger charge is 2.55. The molecule has 0 N–H and O–H groups in total. The second kappa shape index (κ2) is 7.37. The largest absolute Gasteiger partial charge is 0.103 e. The van der Waals surface area contributed by atoms with Gasteiger partial charge in [0, 0.05) is 0 Å². The van der Waals surface area contributed by atoms with Crippen LogP contribution in [0.3, 0.4) is 0 Å². The summed E-state index contributed by atoms with van der Waals surface area (Å²) in [4.78, 5) is 0. The molecule has 0 heteroatoms. The van der Waals surface area contributed by atoms with Crippen molar-refractivity contribution >= 4 is 0 Å². The molecule has 0 aliphatic heterocycles. The zero-order chi connectivity index (χ0) is 18.1. The van der Waals surface area contributed by atoms with Gasteiger partial charge in [0.15, 0.2) is 0 Å². The summed E-state index contributed by atoms with van der Waals surface area (Å²) in [5.41, 5.74) is 0.417. The maximum atomic E-state index is 3.88. The molecule has 2 saturated carbocycles. The zero-order valence-electron chi connectivity index (χ0n) is 16.7. The Morgan fingerprint density at radius 1 is 0.885 bits per heavy atom. The third kappa shape index (κ3) is 3.10. The van der Waals surface area contributed by atoms with Gasteiger partial charge in [-0.25, -0.2) is 0 Å². The fourth-order valence-electron chi connectivity index (χ4n) is 6.86. The monoisotopic (exact) mass is 348 g/mol. The van der Waals surface area contributed by atoms with E-state index in [1.807, 2.05) is 0 Å². The molecule has 0 aromatic rings. The number of hydrogen-bond donors (Lipinski definition) is 0. The minimum Gasteiger partial charge on any atom is -0.103 e. The predicted molar refractivity (Wildman–Crippen MR) is 113 cm³/mol. The summed E-state index contributed by atoms with van der Waals surface area (Å²) in [6.07, 6.45) is 29.6. The van der Waals surface area contributed by atoms with Gasteiger partial charge in [-0.3, -0.25) is 0 Å². The molecule has 4 aliphatic rings. The Labute approximate surface area is 160 Å². The Morgan fingerprint density at radius 3 is 2.04 bits per heavy atom. The minimum atomic E-state index is 0.417. The lowest BCUT2D eigenvalue weighted by molar-refractivity contribution is 0.0724. The van der Waals surface area contributed by atoms with Crippen LogP contribution in [-0.2, 0) is 0 Å². The van der Waals surface area contributed by atoms with Gasteiger partial charge in [-0.05, 0) is 72.5 Å². The lowest BCUT2D eigenvalue weighted by Crippen LogP contribution is -2.37. The highest BCUT2D eigenvalue weighted by Crippen LogP contribution is 2.61. The molecule has 0 saturated heterocycles. The Hall–Kier alpha value is -1.30. The van der Waals surface area contributed by atoms with Gasteiger partial charge < -0.3 is 0 Å². The van der Waals surface area contributed by atoms with E-state index in [9.17, 15) is 0 Å². The SMILES string of the molecule is C=CCCCC1CCC(C(C)(C)C2C3C=CC=CC3C3C=CC=CC32)C1. The van der Waals surface area contributed by atoms with Gasteiger partial charge in [-0.2, -0.15) is 0 Å². The van der Waals surface area contributed by atoms with Gasteiger partial charge in [0.1, 0.15) is 0 Å². The standard InChI is InChI=1S/C26H36/c1-4-5-6-11-19-16-17-20(18-19)26(2,3)25-23-14-9-7-12-21(23)22-13-8-10-15-24(22)25/h4,7-10,12-15,19-25H,1,5-6,11,16-18H2,2-3H3. The van der Waals surface area contributed by atoms with Gasteiger partial charge in [-0.1, -0.05) is 81.4 Å². The van der Waals surface area contributed by atoms with E-state index < -0.39 is 0 Å². The summed E-state index contributed by atoms with van der Waals surface area (Å²) in [6, 6.07) is 0. The van der Waals surface area contributed by atoms with Crippen molar-refractivity contribution < 1.29 is 0 Å². The number of fused-ring (bicyclic) bond motifs is 3. The molecule has 6 atom stereocenters. The molecule has 0 aromatic heterocycles. The quantitative estimate of drug-likeness (QED) is 0.354. The van der Waals surface area contributed by atoms with Gasteiger partial charge >= 0.3 is 0 Å². The third-order valence-corrected chi connectivity index (χ3v) is 8.19. The summed E-state index contributed by atoms with van der Waals surface area (Å²) in [5.74, 6) is 5.47. The molecule has 26 heavy (non-hydrogen) atoms. The average molecular weight is 349 g/mol. The number of allylic oxidation sites excluding steroid dienone is 9. The smallest absolute Gasteiger partial charge is 0.00954 e. The zero-order valence-corrected chi connectivity index (χ0v) is 16.7. The molecule has 0 heterocycles. The summed E-state index contributed by atoms with van der Waals surface area (Å²) in [6.45, 7) is 9.09. The van der Waals surface area contributed by atoms with E-state index in [1.165, 1.54) is 38.5 Å². The number of unbranched alkanes of at least 4 members (excludes halogenated alkanes) is 1. The predicted octanol–water partition coefficient (Wildman–Crippen LogP) is 7.13. The van der Waals surface area contributed by atoms with E-state index in [-0.39, 0.29) is 0 Å². The molecule has 0 aromatic carbocycles. The molecular weight excluding hydrogens is 312 g/mol. The molecule has 0 amide bonds. The summed E-state index contributed by atoms with van der Waals surface area (Å²) in [7, 11) is 0. The van der Waals surface area contributed by atoms with Crippen LogP contribution in [0.15, 0.2) is 61.3 Å². The molecule has 0 nitrogen and oxygen atoms in total. The van der Waals surface area contributed by atoms with E-state index in [2.05, 4.69) is 75.1 Å². The van der Waals surface area contributed by atoms with Crippen LogP contribution in [0, 0.1) is 46.8 Å². The van der Waals surface area contributed by atoms with Crippen LogP contribution in [0.25, 0.3) is 0 Å². The molecule has 0 bridgehead atoms. The van der Waals surface area contributed by atoms with Crippen LogP contribution in [-0.4, -0.2) is 0 Å². The highest BCUT2D eigenvalue weighted by atomic mass is 14.6. The fraction of sp³-hybridized carbons (Fsp3) is 0.615. The lowest BCUT2D eigenvalue weighted by atomic mass is 9.61. The van der Waals surface area contributed by atoms with Crippen molar-refractivity contribution in [3.63, 3.8) is 0 Å². The minimum absolute atomic E-state index is 0.417. The van der Waals surface area contributed by atoms with Crippen molar-refractivity contribution in [1.29, 1.82) is 0 Å². The number of rotatable bonds is 6. The molecular formula is C26H36. The van der Waals surface area contributed by atoms with Crippen LogP contribution in [0.4, 0.5) is 0 Å². The summed E-state index contributed by atoms with van der Waals surface area (Å²) in [5, 5.41) is 0. The van der Waals surface area contributed by atoms with E-state index in [1.54, 1.807) is 0 Å². The first kappa shape index (κ1) is 18.1. The molecule has 0 radical (unpaired) electrons. The normalized spacial score (nSPS) is 40.6. The average Bonchev–Trinajstić information content (AvgIpc) is 3.25. The summed E-state index contributed by atoms with van der Waals surface area (Å²) < 4.78 is 0. The van der Waals surface area contributed by atoms with E-state index in [4.69, 9.17) is 0 Å². The second-order valence-electron chi connectivity index (χ2n) is 9.79. The Balaban J connectivity index is 1.52. The van der Waals surface area contributed by atoms with E-state index >= 15 is 0 Å². The van der Waals surface area contributed by atoms with Gasteiger partial charge in [0.2, 0.25) is 0 Å². The lowest BCUT2D eigenvalue weighted by Gasteiger charge is -2.43. The van der Waals surface area contributed by atoms with Gasteiger partial charge in [-0.15, -0.1) is 6.58 Å². The van der Waals surface area contributed by atoms with Crippen LogP contribution in [0.2, 0.25) is 0 Å². The maximum absolute atomic E-state index is 3.88. The highest BCUT2D eigenvalue weighted by molar-refractivity contribution is 5.29. The Bertz CT molecular complexity index is 594. The molecule has 140 valence electrons. The third-order valence-electron chi connectivity index (χ3n) is 8.19. The Kier molecular flexibility index (Phi) is 5.13. The van der Waals surface area contributed by atoms with Gasteiger partial charge in [0.05, 0.1) is 0 Å². The molecule has 6 unspecified atom stereocenters. The fourth-order valence-corrected chi connectivity index (χ4v) is 6.86. The molecule has 4 aliphatic carbocycles. The van der Waals surface area contributed by atoms with Crippen molar-refractivity contribution in [2.75, 3.05) is 0 Å². The first-order chi connectivity index (χ1) is 12.6. The Morgan fingerprint density at radius 2 is 1.46 bits per heavy atom. The molecule has 2 fully saturated rings. The van der Waals surface area contributed by atoms with Crippen LogP contribution in [0.1, 0.15) is 52.4 Å². The first-order valence-electron chi connectivity index (χ1n) is 10.9.